The number of methoxy groups -OCH3 is 1. The summed E-state index contributed by atoms with van der Waals surface area (Å²) in [6.45, 7) is 0.386. The van der Waals surface area contributed by atoms with Crippen molar-refractivity contribution in [3.8, 4) is 6.07 Å². The van der Waals surface area contributed by atoms with Gasteiger partial charge in [0.1, 0.15) is 0 Å². The van der Waals surface area contributed by atoms with Crippen LogP contribution in [0, 0.1) is 11.3 Å². The second-order valence-electron chi connectivity index (χ2n) is 6.59. The highest BCUT2D eigenvalue weighted by molar-refractivity contribution is 6.31. The van der Waals surface area contributed by atoms with Crippen molar-refractivity contribution in [1.29, 1.82) is 5.26 Å². The third-order valence-corrected chi connectivity index (χ3v) is 4.57. The molecule has 1 aliphatic carbocycles. The normalized spacial score (nSPS) is 20.2. The number of nitrogens with zero attached hydrogens (tertiary/aromatic N) is 4. The molecule has 9 nitrogen and oxygen atoms in total. The molecular formula is C18H18ClN7O2. The molecule has 1 aromatic rings. The van der Waals surface area contributed by atoms with Gasteiger partial charge in [-0.25, -0.2) is 9.80 Å². The largest absolute Gasteiger partial charge is 0.453 e. The van der Waals surface area contributed by atoms with E-state index >= 15 is 0 Å². The van der Waals surface area contributed by atoms with Gasteiger partial charge in [-0.2, -0.15) is 10.4 Å². The summed E-state index contributed by atoms with van der Waals surface area (Å²) in [6.07, 6.45) is 3.50. The minimum Gasteiger partial charge on any atom is -0.453 e. The summed E-state index contributed by atoms with van der Waals surface area (Å²) >= 11 is 6.16. The van der Waals surface area contributed by atoms with Gasteiger partial charge in [-0.3, -0.25) is 10.3 Å². The van der Waals surface area contributed by atoms with Crippen LogP contribution in [0.4, 0.5) is 16.2 Å². The average molecular weight is 400 g/mol. The number of carbonyl (C=O) groups is 1. The second-order valence-corrected chi connectivity index (χ2v) is 7.02. The maximum Gasteiger partial charge on any atom is 0.411 e. The highest BCUT2D eigenvalue weighted by atomic mass is 35.5. The topological polar surface area (TPSA) is 114 Å². The highest BCUT2D eigenvalue weighted by Gasteiger charge is 2.35. The zero-order valence-corrected chi connectivity index (χ0v) is 15.8. The number of benzene rings is 1. The standard InChI is InChI=1S/C18H18ClN7O2/c1-28-18(27)24-13-5-10(19)4-12(6-13)23-16-7-15(22-11-2-3-11)17-21-9-14(8-20)26(17)25-16/h4-7,11,14,22H,2-3,9H2,1H3,(H,23,25)(H,24,27). The number of nitrogens with one attached hydrogen (secondary N) is 3. The maximum atomic E-state index is 11.5. The number of aliphatic imine (C=N–C) groups is 1. The van der Waals surface area contributed by atoms with Crippen LogP contribution in [-0.4, -0.2) is 48.5 Å². The van der Waals surface area contributed by atoms with Crippen molar-refractivity contribution in [2.24, 2.45) is 10.1 Å². The Morgan fingerprint density at radius 1 is 1.36 bits per heavy atom. The molecule has 1 atom stereocenters. The number of ether oxygens (including phenoxy) is 1. The predicted octanol–water partition coefficient (Wildman–Crippen LogP) is 2.50. The van der Waals surface area contributed by atoms with E-state index < -0.39 is 12.1 Å². The second kappa shape index (κ2) is 7.40. The Balaban J connectivity index is 1.59. The van der Waals surface area contributed by atoms with Gasteiger partial charge >= 0.3 is 6.09 Å². The molecule has 3 aliphatic rings. The van der Waals surface area contributed by atoms with Gasteiger partial charge in [0.15, 0.2) is 17.7 Å². The third kappa shape index (κ3) is 3.87. The molecule has 3 N–H and O–H groups in total. The molecule has 0 saturated heterocycles. The SMILES string of the molecule is COC(=O)Nc1cc(Cl)cc(NC2=NN3C(=NCC3C#N)C(NC3CC3)=C2)c1. The van der Waals surface area contributed by atoms with Crippen LogP contribution in [0.15, 0.2) is 40.1 Å². The van der Waals surface area contributed by atoms with Gasteiger partial charge in [-0.05, 0) is 31.0 Å². The minimum absolute atomic E-state index is 0.386. The predicted molar refractivity (Wildman–Crippen MR) is 106 cm³/mol. The van der Waals surface area contributed by atoms with Gasteiger partial charge < -0.3 is 15.4 Å². The average Bonchev–Trinajstić information content (AvgIpc) is 3.37. The number of rotatable bonds is 4. The molecule has 0 spiro atoms. The smallest absolute Gasteiger partial charge is 0.411 e. The summed E-state index contributed by atoms with van der Waals surface area (Å²) in [4.78, 5) is 15.9. The van der Waals surface area contributed by atoms with Crippen molar-refractivity contribution in [2.45, 2.75) is 24.9 Å². The van der Waals surface area contributed by atoms with Gasteiger partial charge in [-0.1, -0.05) is 11.6 Å². The molecule has 1 fully saturated rings. The summed E-state index contributed by atoms with van der Waals surface area (Å²) in [5, 5.41) is 25.2. The number of anilines is 2. The van der Waals surface area contributed by atoms with E-state index in [-0.39, 0.29) is 0 Å². The Morgan fingerprint density at radius 2 is 2.14 bits per heavy atom. The molecule has 28 heavy (non-hydrogen) atoms. The van der Waals surface area contributed by atoms with Gasteiger partial charge in [0.25, 0.3) is 0 Å². The number of carbonyl (C=O) groups excluding carboxylic acids is 1. The van der Waals surface area contributed by atoms with Gasteiger partial charge in [0.05, 0.1) is 25.4 Å². The van der Waals surface area contributed by atoms with E-state index in [4.69, 9.17) is 11.6 Å². The van der Waals surface area contributed by atoms with Crippen molar-refractivity contribution in [3.63, 3.8) is 0 Å². The molecule has 1 saturated carbocycles. The lowest BCUT2D eigenvalue weighted by molar-refractivity contribution is 0.187. The number of hydrogen-bond acceptors (Lipinski definition) is 8. The van der Waals surface area contributed by atoms with Gasteiger partial charge in [0.2, 0.25) is 0 Å². The number of nitriles is 1. The molecule has 144 valence electrons. The van der Waals surface area contributed by atoms with Crippen LogP contribution in [-0.2, 0) is 4.74 Å². The maximum absolute atomic E-state index is 11.5. The first kappa shape index (κ1) is 18.1. The minimum atomic E-state index is -0.589. The van der Waals surface area contributed by atoms with Crippen molar-refractivity contribution < 1.29 is 9.53 Å². The van der Waals surface area contributed by atoms with Gasteiger partial charge in [-0.15, -0.1) is 0 Å². The summed E-state index contributed by atoms with van der Waals surface area (Å²) in [5.74, 6) is 1.22. The Bertz CT molecular complexity index is 946. The molecule has 1 aromatic carbocycles. The molecule has 2 heterocycles. The van der Waals surface area contributed by atoms with Crippen molar-refractivity contribution >= 4 is 40.7 Å². The molecule has 4 rings (SSSR count). The lowest BCUT2D eigenvalue weighted by atomic mass is 10.2. The molecule has 0 aromatic heterocycles. The van der Waals surface area contributed by atoms with Crippen LogP contribution in [0.25, 0.3) is 0 Å². The number of fused-ring (bicyclic) bond motifs is 1. The fraction of sp³-hybridized carbons (Fsp3) is 0.333. The first-order valence-electron chi connectivity index (χ1n) is 8.79. The van der Waals surface area contributed by atoms with Crippen LogP contribution in [0.5, 0.6) is 0 Å². The van der Waals surface area contributed by atoms with Crippen molar-refractivity contribution in [2.75, 3.05) is 24.3 Å². The monoisotopic (exact) mass is 399 g/mol. The van der Waals surface area contributed by atoms with E-state index in [1.54, 1.807) is 23.2 Å². The summed E-state index contributed by atoms with van der Waals surface area (Å²) in [5.41, 5.74) is 1.96. The first-order chi connectivity index (χ1) is 13.6. The van der Waals surface area contributed by atoms with E-state index in [0.717, 1.165) is 18.5 Å². The lowest BCUT2D eigenvalue weighted by Crippen LogP contribution is -2.40. The fourth-order valence-electron chi connectivity index (χ4n) is 2.90. The zero-order valence-electron chi connectivity index (χ0n) is 15.1. The Hall–Kier alpha value is -3.25. The molecular weight excluding hydrogens is 382 g/mol. The van der Waals surface area contributed by atoms with Crippen LogP contribution >= 0.6 is 11.6 Å². The Morgan fingerprint density at radius 3 is 2.86 bits per heavy atom. The Kier molecular flexibility index (Phi) is 4.79. The number of amidine groups is 2. The van der Waals surface area contributed by atoms with Crippen LogP contribution in [0.2, 0.25) is 5.02 Å². The third-order valence-electron chi connectivity index (χ3n) is 4.35. The number of hydrazone groups is 1. The Labute approximate surface area is 166 Å². The molecule has 10 heteroatoms. The number of amides is 1. The number of hydrogen-bond donors (Lipinski definition) is 3. The van der Waals surface area contributed by atoms with E-state index in [0.29, 0.717) is 40.7 Å². The fourth-order valence-corrected chi connectivity index (χ4v) is 3.14. The summed E-state index contributed by atoms with van der Waals surface area (Å²) < 4.78 is 4.61. The quantitative estimate of drug-likeness (QED) is 0.716. The highest BCUT2D eigenvalue weighted by Crippen LogP contribution is 2.27. The van der Waals surface area contributed by atoms with Crippen LogP contribution < -0.4 is 16.0 Å². The van der Waals surface area contributed by atoms with E-state index in [9.17, 15) is 10.1 Å². The van der Waals surface area contributed by atoms with Gasteiger partial charge in [0, 0.05) is 28.5 Å². The van der Waals surface area contributed by atoms with Crippen LogP contribution in [0.1, 0.15) is 12.8 Å². The van der Waals surface area contributed by atoms with E-state index in [1.807, 2.05) is 6.08 Å². The first-order valence-corrected chi connectivity index (χ1v) is 9.16. The summed E-state index contributed by atoms with van der Waals surface area (Å²) in [6, 6.07) is 7.25. The molecule has 0 bridgehead atoms. The lowest BCUT2D eigenvalue weighted by Gasteiger charge is -2.26. The number of halogens is 1. The molecule has 0 radical (unpaired) electrons. The zero-order chi connectivity index (χ0) is 19.7. The molecule has 1 amide bonds. The van der Waals surface area contributed by atoms with E-state index in [1.165, 1.54) is 7.11 Å². The summed E-state index contributed by atoms with van der Waals surface area (Å²) in [7, 11) is 1.29. The molecule has 2 aliphatic heterocycles. The van der Waals surface area contributed by atoms with Crippen LogP contribution in [0.3, 0.4) is 0 Å². The van der Waals surface area contributed by atoms with E-state index in [2.05, 4.69) is 36.9 Å². The van der Waals surface area contributed by atoms with Crippen molar-refractivity contribution in [1.82, 2.24) is 10.3 Å². The van der Waals surface area contributed by atoms with Crippen molar-refractivity contribution in [3.05, 3.63) is 35.0 Å². The molecule has 1 unspecified atom stereocenters.